The van der Waals surface area contributed by atoms with Crippen LogP contribution in [0.5, 0.6) is 5.75 Å². The maximum Gasteiger partial charge on any atom is 0.156 e. The number of methoxy groups -OCH3 is 1. The highest BCUT2D eigenvalue weighted by Gasteiger charge is 2.18. The van der Waals surface area contributed by atoms with Crippen LogP contribution in [-0.2, 0) is 18.8 Å². The number of hydrogen-bond donors (Lipinski definition) is 1. The first-order chi connectivity index (χ1) is 11.1. The van der Waals surface area contributed by atoms with E-state index in [1.54, 1.807) is 18.9 Å². The summed E-state index contributed by atoms with van der Waals surface area (Å²) in [6.45, 7) is 3.98. The number of fused-ring (bicyclic) bond motifs is 1. The second-order valence-corrected chi connectivity index (χ2v) is 6.51. The van der Waals surface area contributed by atoms with Gasteiger partial charge < -0.3 is 9.84 Å². The van der Waals surface area contributed by atoms with Crippen LogP contribution in [0.2, 0.25) is 0 Å². The normalized spacial score (nSPS) is 13.0. The highest BCUT2D eigenvalue weighted by Crippen LogP contribution is 2.32. The van der Waals surface area contributed by atoms with Crippen molar-refractivity contribution in [1.29, 1.82) is 0 Å². The van der Waals surface area contributed by atoms with Crippen LogP contribution in [0.3, 0.4) is 0 Å². The molecule has 120 valence electrons. The lowest BCUT2D eigenvalue weighted by molar-refractivity contribution is 0.277. The fourth-order valence-electron chi connectivity index (χ4n) is 2.61. The Morgan fingerprint density at radius 3 is 2.87 bits per heavy atom. The van der Waals surface area contributed by atoms with Crippen molar-refractivity contribution in [3.05, 3.63) is 46.4 Å². The van der Waals surface area contributed by atoms with Crippen LogP contribution in [0, 0.1) is 13.8 Å². The molecule has 0 radical (unpaired) electrons. The molecule has 0 saturated heterocycles. The minimum absolute atomic E-state index is 0.0580. The van der Waals surface area contributed by atoms with Crippen LogP contribution >= 0.6 is 11.8 Å². The molecule has 6 heteroatoms. The van der Waals surface area contributed by atoms with E-state index in [-0.39, 0.29) is 6.61 Å². The number of aryl methyl sites for hydroxylation is 1. The number of aliphatic hydroxyl groups is 1. The lowest BCUT2D eigenvalue weighted by atomic mass is 10.1. The van der Waals surface area contributed by atoms with Crippen LogP contribution in [0.1, 0.15) is 28.1 Å². The number of rotatable bonds is 4. The Hall–Kier alpha value is -1.92. The van der Waals surface area contributed by atoms with E-state index in [2.05, 4.69) is 15.0 Å². The summed E-state index contributed by atoms with van der Waals surface area (Å²) in [5.41, 5.74) is 4.90. The first-order valence-electron chi connectivity index (χ1n) is 7.41. The first kappa shape index (κ1) is 16.0. The second-order valence-electron chi connectivity index (χ2n) is 5.46. The fourth-order valence-corrected chi connectivity index (χ4v) is 3.61. The third-order valence-corrected chi connectivity index (χ3v) is 4.86. The number of aromatic nitrogens is 2. The molecule has 2 aromatic heterocycles. The molecule has 0 unspecified atom stereocenters. The van der Waals surface area contributed by atoms with Gasteiger partial charge in [-0.25, -0.2) is 9.98 Å². The van der Waals surface area contributed by atoms with Gasteiger partial charge in [0, 0.05) is 35.1 Å². The standard InChI is InChI=1S/C17H19N3O2S/c1-10-7-18-14(11(2)16(10)22-3)9-23-15-6-12-4-5-13(8-21)19-17(12)20-15/h4-5,7,21H,6,8-9H2,1-3H3. The summed E-state index contributed by atoms with van der Waals surface area (Å²) in [4.78, 5) is 13.4. The lowest BCUT2D eigenvalue weighted by Crippen LogP contribution is -2.00. The Bertz CT molecular complexity index is 775. The summed E-state index contributed by atoms with van der Waals surface area (Å²) in [6, 6.07) is 3.84. The van der Waals surface area contributed by atoms with Crippen molar-refractivity contribution < 1.29 is 9.84 Å². The summed E-state index contributed by atoms with van der Waals surface area (Å²) in [7, 11) is 1.69. The van der Waals surface area contributed by atoms with Gasteiger partial charge in [0.15, 0.2) is 5.82 Å². The van der Waals surface area contributed by atoms with Gasteiger partial charge in [-0.05, 0) is 19.9 Å². The number of aliphatic imine (C=N–C) groups is 1. The zero-order valence-electron chi connectivity index (χ0n) is 13.5. The third-order valence-electron chi connectivity index (χ3n) is 3.87. The van der Waals surface area contributed by atoms with E-state index < -0.39 is 0 Å². The molecule has 2 aromatic rings. The zero-order chi connectivity index (χ0) is 16.4. The molecule has 0 saturated carbocycles. The molecule has 5 nitrogen and oxygen atoms in total. The van der Waals surface area contributed by atoms with Gasteiger partial charge in [0.25, 0.3) is 0 Å². The van der Waals surface area contributed by atoms with Crippen LogP contribution in [0.4, 0.5) is 5.82 Å². The lowest BCUT2D eigenvalue weighted by Gasteiger charge is -2.11. The topological polar surface area (TPSA) is 67.6 Å². The quantitative estimate of drug-likeness (QED) is 0.933. The van der Waals surface area contributed by atoms with Crippen LogP contribution in [-0.4, -0.2) is 27.2 Å². The second kappa shape index (κ2) is 6.68. The monoisotopic (exact) mass is 329 g/mol. The van der Waals surface area contributed by atoms with E-state index in [1.165, 1.54) is 0 Å². The van der Waals surface area contributed by atoms with Crippen molar-refractivity contribution in [3.8, 4) is 5.75 Å². The smallest absolute Gasteiger partial charge is 0.156 e. The molecule has 1 N–H and O–H groups in total. The van der Waals surface area contributed by atoms with Gasteiger partial charge in [-0.15, -0.1) is 11.8 Å². The Morgan fingerprint density at radius 1 is 1.30 bits per heavy atom. The average molecular weight is 329 g/mol. The maximum absolute atomic E-state index is 9.15. The van der Waals surface area contributed by atoms with Gasteiger partial charge in [0.2, 0.25) is 0 Å². The molecule has 23 heavy (non-hydrogen) atoms. The van der Waals surface area contributed by atoms with Gasteiger partial charge in [-0.3, -0.25) is 4.98 Å². The van der Waals surface area contributed by atoms with Crippen molar-refractivity contribution in [1.82, 2.24) is 9.97 Å². The highest BCUT2D eigenvalue weighted by atomic mass is 32.2. The number of pyridine rings is 2. The predicted molar refractivity (Wildman–Crippen MR) is 92.5 cm³/mol. The molecule has 1 aliphatic heterocycles. The summed E-state index contributed by atoms with van der Waals surface area (Å²) in [6.07, 6.45) is 2.64. The zero-order valence-corrected chi connectivity index (χ0v) is 14.3. The minimum Gasteiger partial charge on any atom is -0.496 e. The number of aliphatic hydroxyl groups excluding tert-OH is 1. The molecular weight excluding hydrogens is 310 g/mol. The number of ether oxygens (including phenoxy) is 1. The third kappa shape index (κ3) is 3.23. The van der Waals surface area contributed by atoms with Gasteiger partial charge in [0.05, 0.1) is 30.1 Å². The molecule has 3 heterocycles. The summed E-state index contributed by atoms with van der Waals surface area (Å²) in [5.74, 6) is 2.38. The van der Waals surface area contributed by atoms with E-state index in [0.29, 0.717) is 5.69 Å². The Labute approximate surface area is 139 Å². The molecule has 0 fully saturated rings. The van der Waals surface area contributed by atoms with Gasteiger partial charge in [0.1, 0.15) is 5.75 Å². The predicted octanol–water partition coefficient (Wildman–Crippen LogP) is 3.11. The van der Waals surface area contributed by atoms with Crippen LogP contribution < -0.4 is 4.74 Å². The van der Waals surface area contributed by atoms with E-state index in [1.807, 2.05) is 32.2 Å². The van der Waals surface area contributed by atoms with Crippen molar-refractivity contribution in [2.45, 2.75) is 32.6 Å². The van der Waals surface area contributed by atoms with Crippen molar-refractivity contribution in [2.24, 2.45) is 4.99 Å². The number of thioether (sulfide) groups is 1. The number of nitrogens with zero attached hydrogens (tertiary/aromatic N) is 3. The number of hydrogen-bond acceptors (Lipinski definition) is 6. The molecule has 0 aromatic carbocycles. The molecule has 0 spiro atoms. The van der Waals surface area contributed by atoms with Gasteiger partial charge in [-0.1, -0.05) is 6.07 Å². The van der Waals surface area contributed by atoms with E-state index in [4.69, 9.17) is 9.84 Å². The molecule has 3 rings (SSSR count). The Morgan fingerprint density at radius 2 is 2.13 bits per heavy atom. The van der Waals surface area contributed by atoms with E-state index in [0.717, 1.165) is 51.2 Å². The molecule has 1 aliphatic rings. The Balaban J connectivity index is 1.73. The van der Waals surface area contributed by atoms with Gasteiger partial charge >= 0.3 is 0 Å². The van der Waals surface area contributed by atoms with Gasteiger partial charge in [-0.2, -0.15) is 0 Å². The average Bonchev–Trinajstić information content (AvgIpc) is 2.96. The van der Waals surface area contributed by atoms with Crippen LogP contribution in [0.25, 0.3) is 0 Å². The van der Waals surface area contributed by atoms with Crippen LogP contribution in [0.15, 0.2) is 23.3 Å². The van der Waals surface area contributed by atoms with Crippen molar-refractivity contribution in [3.63, 3.8) is 0 Å². The van der Waals surface area contributed by atoms with Crippen molar-refractivity contribution in [2.75, 3.05) is 7.11 Å². The highest BCUT2D eigenvalue weighted by molar-refractivity contribution is 8.13. The fraction of sp³-hybridized carbons (Fsp3) is 0.353. The molecular formula is C17H19N3O2S. The minimum atomic E-state index is -0.0580. The summed E-state index contributed by atoms with van der Waals surface area (Å²) in [5, 5.41) is 10.2. The summed E-state index contributed by atoms with van der Waals surface area (Å²) < 4.78 is 5.45. The summed E-state index contributed by atoms with van der Waals surface area (Å²) >= 11 is 1.68. The maximum atomic E-state index is 9.15. The molecule has 0 aliphatic carbocycles. The SMILES string of the molecule is COc1c(C)cnc(CSC2=Nc3nc(CO)ccc3C2)c1C. The largest absolute Gasteiger partial charge is 0.496 e. The van der Waals surface area contributed by atoms with Crippen molar-refractivity contribution >= 4 is 22.6 Å². The molecule has 0 bridgehead atoms. The Kier molecular flexibility index (Phi) is 4.63. The van der Waals surface area contributed by atoms with E-state index >= 15 is 0 Å². The van der Waals surface area contributed by atoms with E-state index in [9.17, 15) is 0 Å². The molecule has 0 atom stereocenters. The molecule has 0 amide bonds. The first-order valence-corrected chi connectivity index (χ1v) is 8.40.